The average Bonchev–Trinajstić information content (AvgIpc) is 2.68. The number of anilines is 2. The third-order valence-corrected chi connectivity index (χ3v) is 4.59. The van der Waals surface area contributed by atoms with Gasteiger partial charge in [0.1, 0.15) is 0 Å². The minimum atomic E-state index is -0.405. The molecule has 0 bridgehead atoms. The van der Waals surface area contributed by atoms with E-state index in [0.29, 0.717) is 36.6 Å². The molecule has 2 aromatic rings. The maximum Gasteiger partial charge on any atom is 0.338 e. The first-order chi connectivity index (χ1) is 13.5. The summed E-state index contributed by atoms with van der Waals surface area (Å²) in [7, 11) is 0. The van der Waals surface area contributed by atoms with E-state index in [1.807, 2.05) is 38.1 Å². The minimum absolute atomic E-state index is 0.206. The Morgan fingerprint density at radius 1 is 1.04 bits per heavy atom. The van der Waals surface area contributed by atoms with Gasteiger partial charge < -0.3 is 19.7 Å². The van der Waals surface area contributed by atoms with Crippen molar-refractivity contribution in [1.29, 1.82) is 0 Å². The van der Waals surface area contributed by atoms with Crippen molar-refractivity contribution in [3.63, 3.8) is 0 Å². The van der Waals surface area contributed by atoms with Gasteiger partial charge in [0, 0.05) is 18.7 Å². The lowest BCUT2D eigenvalue weighted by Crippen LogP contribution is -2.36. The largest absolute Gasteiger partial charge is 0.462 e. The Kier molecular flexibility index (Phi) is 6.31. The van der Waals surface area contributed by atoms with Gasteiger partial charge in [-0.15, -0.1) is 0 Å². The van der Waals surface area contributed by atoms with E-state index in [2.05, 4.69) is 10.2 Å². The molecular formula is C22H26N2O4. The summed E-state index contributed by atoms with van der Waals surface area (Å²) in [4.78, 5) is 27.2. The number of hydrogen-bond acceptors (Lipinski definition) is 5. The predicted molar refractivity (Wildman–Crippen MR) is 109 cm³/mol. The smallest absolute Gasteiger partial charge is 0.338 e. The Morgan fingerprint density at radius 3 is 2.36 bits per heavy atom. The quantitative estimate of drug-likeness (QED) is 0.801. The second-order valence-electron chi connectivity index (χ2n) is 6.88. The zero-order chi connectivity index (χ0) is 20.1. The van der Waals surface area contributed by atoms with Gasteiger partial charge in [-0.1, -0.05) is 17.2 Å². The first-order valence-electron chi connectivity index (χ1n) is 9.51. The van der Waals surface area contributed by atoms with Crippen LogP contribution in [0.1, 0.15) is 38.8 Å². The molecule has 28 heavy (non-hydrogen) atoms. The van der Waals surface area contributed by atoms with Crippen molar-refractivity contribution in [2.24, 2.45) is 0 Å². The molecule has 0 unspecified atom stereocenters. The molecule has 0 atom stereocenters. The van der Waals surface area contributed by atoms with E-state index in [4.69, 9.17) is 9.47 Å². The zero-order valence-corrected chi connectivity index (χ0v) is 16.6. The second-order valence-corrected chi connectivity index (χ2v) is 6.88. The Balaban J connectivity index is 1.93. The van der Waals surface area contributed by atoms with Crippen molar-refractivity contribution in [3.8, 4) is 0 Å². The number of carbonyl (C=O) groups excluding carboxylic acids is 2. The molecule has 3 rings (SSSR count). The zero-order valence-electron chi connectivity index (χ0n) is 16.6. The molecule has 1 saturated heterocycles. The summed E-state index contributed by atoms with van der Waals surface area (Å²) < 4.78 is 10.5. The molecule has 0 saturated carbocycles. The summed E-state index contributed by atoms with van der Waals surface area (Å²) in [5.74, 6) is -0.611. The lowest BCUT2D eigenvalue weighted by atomic mass is 10.1. The Bertz CT molecular complexity index is 853. The van der Waals surface area contributed by atoms with Crippen LogP contribution in [-0.4, -0.2) is 44.8 Å². The third-order valence-electron chi connectivity index (χ3n) is 4.59. The number of hydrogen-bond donors (Lipinski definition) is 1. The summed E-state index contributed by atoms with van der Waals surface area (Å²) in [5, 5.41) is 2.99. The summed E-state index contributed by atoms with van der Waals surface area (Å²) in [6.45, 7) is 8.70. The highest BCUT2D eigenvalue weighted by Crippen LogP contribution is 2.29. The average molecular weight is 382 g/mol. The molecule has 1 N–H and O–H groups in total. The van der Waals surface area contributed by atoms with Crippen LogP contribution < -0.4 is 10.2 Å². The van der Waals surface area contributed by atoms with Crippen molar-refractivity contribution in [2.45, 2.75) is 20.8 Å². The maximum absolute atomic E-state index is 12.9. The van der Waals surface area contributed by atoms with Crippen LogP contribution in [0.25, 0.3) is 0 Å². The van der Waals surface area contributed by atoms with E-state index in [0.717, 1.165) is 29.9 Å². The molecule has 0 radical (unpaired) electrons. The van der Waals surface area contributed by atoms with Gasteiger partial charge in [0.15, 0.2) is 0 Å². The van der Waals surface area contributed by atoms with E-state index in [1.54, 1.807) is 19.1 Å². The molecular weight excluding hydrogens is 356 g/mol. The fourth-order valence-corrected chi connectivity index (χ4v) is 3.36. The number of nitrogens with zero attached hydrogens (tertiary/aromatic N) is 1. The molecule has 6 nitrogen and oxygen atoms in total. The van der Waals surface area contributed by atoms with Gasteiger partial charge in [-0.25, -0.2) is 4.79 Å². The number of aryl methyl sites for hydroxylation is 2. The second kappa shape index (κ2) is 8.89. The summed E-state index contributed by atoms with van der Waals surface area (Å²) in [5.41, 5.74) is 4.52. The first kappa shape index (κ1) is 19.9. The van der Waals surface area contributed by atoms with Gasteiger partial charge in [0.25, 0.3) is 5.91 Å². The van der Waals surface area contributed by atoms with Crippen LogP contribution in [-0.2, 0) is 9.47 Å². The predicted octanol–water partition coefficient (Wildman–Crippen LogP) is 3.57. The van der Waals surface area contributed by atoms with Crippen molar-refractivity contribution >= 4 is 23.3 Å². The van der Waals surface area contributed by atoms with E-state index < -0.39 is 5.97 Å². The van der Waals surface area contributed by atoms with Crippen LogP contribution in [0.3, 0.4) is 0 Å². The van der Waals surface area contributed by atoms with Gasteiger partial charge in [-0.05, 0) is 51.1 Å². The summed E-state index contributed by atoms with van der Waals surface area (Å²) in [6.07, 6.45) is 0. The molecule has 1 fully saturated rings. The maximum atomic E-state index is 12.9. The molecule has 1 aliphatic heterocycles. The SMILES string of the molecule is CCOC(=O)c1ccc(N2CCOCC2)c(NC(=O)c2cc(C)cc(C)c2)c1. The number of carbonyl (C=O) groups is 2. The van der Waals surface area contributed by atoms with Crippen LogP contribution in [0, 0.1) is 13.8 Å². The van der Waals surface area contributed by atoms with Crippen molar-refractivity contribution in [2.75, 3.05) is 43.1 Å². The van der Waals surface area contributed by atoms with E-state index in [-0.39, 0.29) is 5.91 Å². The number of rotatable bonds is 5. The highest BCUT2D eigenvalue weighted by Gasteiger charge is 2.19. The fourth-order valence-electron chi connectivity index (χ4n) is 3.36. The highest BCUT2D eigenvalue weighted by atomic mass is 16.5. The number of morpholine rings is 1. The molecule has 148 valence electrons. The van der Waals surface area contributed by atoms with Crippen molar-refractivity contribution in [3.05, 3.63) is 58.7 Å². The van der Waals surface area contributed by atoms with Crippen molar-refractivity contribution < 1.29 is 19.1 Å². The monoisotopic (exact) mass is 382 g/mol. The molecule has 0 spiro atoms. The van der Waals surface area contributed by atoms with Gasteiger partial charge in [0.05, 0.1) is 36.8 Å². The summed E-state index contributed by atoms with van der Waals surface area (Å²) in [6, 6.07) is 11.0. The van der Waals surface area contributed by atoms with Crippen LogP contribution in [0.2, 0.25) is 0 Å². The molecule has 0 aromatic heterocycles. The van der Waals surface area contributed by atoms with E-state index in [9.17, 15) is 9.59 Å². The van der Waals surface area contributed by atoms with Gasteiger partial charge in [0.2, 0.25) is 0 Å². The highest BCUT2D eigenvalue weighted by molar-refractivity contribution is 6.07. The topological polar surface area (TPSA) is 67.9 Å². The van der Waals surface area contributed by atoms with Crippen molar-refractivity contribution in [1.82, 2.24) is 0 Å². The fraction of sp³-hybridized carbons (Fsp3) is 0.364. The molecule has 1 amide bonds. The van der Waals surface area contributed by atoms with Gasteiger partial charge >= 0.3 is 5.97 Å². The molecule has 1 heterocycles. The third kappa shape index (κ3) is 4.70. The van der Waals surface area contributed by atoms with Crippen LogP contribution in [0.15, 0.2) is 36.4 Å². The number of nitrogens with one attached hydrogen (secondary N) is 1. The lowest BCUT2D eigenvalue weighted by Gasteiger charge is -2.30. The number of benzene rings is 2. The van der Waals surface area contributed by atoms with Crippen LogP contribution in [0.5, 0.6) is 0 Å². The molecule has 6 heteroatoms. The van der Waals surface area contributed by atoms with Gasteiger partial charge in [-0.2, -0.15) is 0 Å². The number of esters is 1. The number of ether oxygens (including phenoxy) is 2. The minimum Gasteiger partial charge on any atom is -0.462 e. The molecule has 2 aromatic carbocycles. The number of amides is 1. The first-order valence-corrected chi connectivity index (χ1v) is 9.51. The molecule has 0 aliphatic carbocycles. The van der Waals surface area contributed by atoms with Crippen LogP contribution in [0.4, 0.5) is 11.4 Å². The van der Waals surface area contributed by atoms with E-state index in [1.165, 1.54) is 0 Å². The van der Waals surface area contributed by atoms with Crippen LogP contribution >= 0.6 is 0 Å². The Morgan fingerprint density at radius 2 is 1.71 bits per heavy atom. The Labute approximate surface area is 165 Å². The Hall–Kier alpha value is -2.86. The molecule has 1 aliphatic rings. The normalized spacial score (nSPS) is 13.9. The summed E-state index contributed by atoms with van der Waals surface area (Å²) >= 11 is 0. The van der Waals surface area contributed by atoms with E-state index >= 15 is 0 Å². The lowest BCUT2D eigenvalue weighted by molar-refractivity contribution is 0.0526. The standard InChI is InChI=1S/C22H26N2O4/c1-4-28-22(26)17-5-6-20(24-7-9-27-10-8-24)19(14-17)23-21(25)18-12-15(2)11-16(3)13-18/h5-6,11-14H,4,7-10H2,1-3H3,(H,23,25). The van der Waals surface area contributed by atoms with Gasteiger partial charge in [-0.3, -0.25) is 4.79 Å².